The van der Waals surface area contributed by atoms with Gasteiger partial charge >= 0.3 is 6.03 Å². The van der Waals surface area contributed by atoms with Crippen LogP contribution in [0.25, 0.3) is 33.5 Å². The van der Waals surface area contributed by atoms with E-state index >= 15 is 0 Å². The number of anilines is 2. The summed E-state index contributed by atoms with van der Waals surface area (Å²) in [5.74, 6) is -0.0482. The van der Waals surface area contributed by atoms with Crippen LogP contribution in [0.3, 0.4) is 0 Å². The topological polar surface area (TPSA) is 114 Å². The lowest BCUT2D eigenvalue weighted by atomic mass is 9.97. The van der Waals surface area contributed by atoms with Crippen LogP contribution in [0.15, 0.2) is 77.7 Å². The summed E-state index contributed by atoms with van der Waals surface area (Å²) in [6.07, 6.45) is 3.22. The number of rotatable bonds is 5. The lowest BCUT2D eigenvalue weighted by Crippen LogP contribution is -2.19. The fourth-order valence-electron chi connectivity index (χ4n) is 4.51. The maximum Gasteiger partial charge on any atom is 0.323 e. The number of benzene rings is 3. The van der Waals surface area contributed by atoms with Crippen molar-refractivity contribution >= 4 is 34.4 Å². The van der Waals surface area contributed by atoms with Crippen LogP contribution in [0, 0.1) is 0 Å². The van der Waals surface area contributed by atoms with Crippen molar-refractivity contribution in [2.45, 2.75) is 26.4 Å². The molecule has 9 heteroatoms. The molecule has 2 aromatic heterocycles. The maximum atomic E-state index is 12.9. The van der Waals surface area contributed by atoms with Gasteiger partial charge < -0.3 is 20.4 Å². The van der Waals surface area contributed by atoms with Crippen LogP contribution in [0.1, 0.15) is 35.8 Å². The first-order valence-corrected chi connectivity index (χ1v) is 12.0. The number of nitrogens with one attached hydrogen (secondary N) is 3. The number of aromatic nitrogens is 3. The number of hydrogen-bond donors (Lipinski definition) is 3. The molecule has 3 amide bonds. The van der Waals surface area contributed by atoms with Gasteiger partial charge in [0.25, 0.3) is 5.91 Å². The molecule has 1 aliphatic heterocycles. The van der Waals surface area contributed by atoms with E-state index in [0.717, 1.165) is 27.8 Å². The minimum atomic E-state index is -0.379. The molecule has 0 saturated carbocycles. The molecule has 0 spiro atoms. The molecule has 9 nitrogen and oxygen atoms in total. The zero-order valence-corrected chi connectivity index (χ0v) is 20.3. The Morgan fingerprint density at radius 1 is 1.03 bits per heavy atom. The van der Waals surface area contributed by atoms with Crippen molar-refractivity contribution in [3.8, 4) is 22.4 Å². The van der Waals surface area contributed by atoms with Gasteiger partial charge in [-0.05, 0) is 66.9 Å². The highest BCUT2D eigenvalue weighted by Gasteiger charge is 2.22. The molecule has 0 fully saturated rings. The molecular formula is C28H24N6O3. The molecule has 0 bridgehead atoms. The van der Waals surface area contributed by atoms with Crippen LogP contribution >= 0.6 is 0 Å². The summed E-state index contributed by atoms with van der Waals surface area (Å²) in [5.41, 5.74) is 7.78. The van der Waals surface area contributed by atoms with Crippen molar-refractivity contribution < 1.29 is 14.0 Å². The minimum absolute atomic E-state index is 0.0482. The van der Waals surface area contributed by atoms with Gasteiger partial charge in [-0.15, -0.1) is 0 Å². The average molecular weight is 493 g/mol. The number of amides is 3. The van der Waals surface area contributed by atoms with Gasteiger partial charge in [0.05, 0.1) is 5.69 Å². The Kier molecular flexibility index (Phi) is 5.45. The third-order valence-corrected chi connectivity index (χ3v) is 6.41. The van der Waals surface area contributed by atoms with Gasteiger partial charge in [0, 0.05) is 35.6 Å². The second-order valence-corrected chi connectivity index (χ2v) is 9.17. The Bertz CT molecular complexity index is 1650. The number of oxazole rings is 1. The second-order valence-electron chi connectivity index (χ2n) is 9.17. The third kappa shape index (κ3) is 4.20. The number of carbonyl (C=O) groups excluding carboxylic acids is 2. The van der Waals surface area contributed by atoms with E-state index in [1.54, 1.807) is 0 Å². The van der Waals surface area contributed by atoms with E-state index in [2.05, 4.69) is 20.9 Å². The van der Waals surface area contributed by atoms with Crippen LogP contribution in [0.4, 0.5) is 16.2 Å². The predicted molar refractivity (Wildman–Crippen MR) is 141 cm³/mol. The van der Waals surface area contributed by atoms with Gasteiger partial charge in [-0.25, -0.2) is 9.78 Å². The van der Waals surface area contributed by atoms with Gasteiger partial charge in [-0.2, -0.15) is 5.10 Å². The van der Waals surface area contributed by atoms with Crippen LogP contribution < -0.4 is 16.0 Å². The van der Waals surface area contributed by atoms with Crippen molar-refractivity contribution in [1.29, 1.82) is 0 Å². The van der Waals surface area contributed by atoms with Crippen molar-refractivity contribution in [3.63, 3.8) is 0 Å². The second kappa shape index (κ2) is 8.94. The average Bonchev–Trinajstić information content (AvgIpc) is 3.63. The highest BCUT2D eigenvalue weighted by atomic mass is 16.3. The van der Waals surface area contributed by atoms with Crippen molar-refractivity contribution in [3.05, 3.63) is 84.4 Å². The standard InChI is InChI=1S/C28H24N6O3/c1-16(2)34-14-24(26(33-34)18-8-11-25-23(12-18)30-15-37-25)32-28(36)31-19-9-6-17(7-10-19)20-4-3-5-21-22(20)13-29-27(21)35/h3-12,14-16H,13H2,1-2H3,(H,29,35)(H2,31,32,36). The van der Waals surface area contributed by atoms with E-state index in [0.29, 0.717) is 34.8 Å². The smallest absolute Gasteiger partial charge is 0.323 e. The van der Waals surface area contributed by atoms with Gasteiger partial charge in [0.1, 0.15) is 11.2 Å². The SMILES string of the molecule is CC(C)n1cc(NC(=O)Nc2ccc(-c3cccc4c3CNC4=O)cc2)c(-c2ccc3ocnc3c2)n1. The van der Waals surface area contributed by atoms with Crippen LogP contribution in [-0.2, 0) is 6.54 Å². The predicted octanol–water partition coefficient (Wildman–Crippen LogP) is 5.83. The molecule has 184 valence electrons. The molecular weight excluding hydrogens is 468 g/mol. The lowest BCUT2D eigenvalue weighted by Gasteiger charge is -2.10. The molecule has 3 aromatic carbocycles. The van der Waals surface area contributed by atoms with E-state index < -0.39 is 0 Å². The minimum Gasteiger partial charge on any atom is -0.443 e. The maximum absolute atomic E-state index is 12.9. The summed E-state index contributed by atoms with van der Waals surface area (Å²) in [4.78, 5) is 29.1. The van der Waals surface area contributed by atoms with Gasteiger partial charge in [-0.3, -0.25) is 9.48 Å². The Morgan fingerprint density at radius 3 is 2.62 bits per heavy atom. The Hall–Kier alpha value is -4.92. The highest BCUT2D eigenvalue weighted by Crippen LogP contribution is 2.32. The molecule has 6 rings (SSSR count). The summed E-state index contributed by atoms with van der Waals surface area (Å²) >= 11 is 0. The van der Waals surface area contributed by atoms with E-state index in [1.165, 1.54) is 6.39 Å². The summed E-state index contributed by atoms with van der Waals surface area (Å²) < 4.78 is 7.15. The first-order chi connectivity index (χ1) is 18.0. The first kappa shape index (κ1) is 22.5. The largest absolute Gasteiger partial charge is 0.443 e. The summed E-state index contributed by atoms with van der Waals surface area (Å²) in [7, 11) is 0. The van der Waals surface area contributed by atoms with Gasteiger partial charge in [0.2, 0.25) is 0 Å². The normalized spacial score (nSPS) is 12.6. The lowest BCUT2D eigenvalue weighted by molar-refractivity contribution is 0.0965. The zero-order chi connectivity index (χ0) is 25.5. The zero-order valence-electron chi connectivity index (χ0n) is 20.3. The van der Waals surface area contributed by atoms with Crippen LogP contribution in [0.5, 0.6) is 0 Å². The quantitative estimate of drug-likeness (QED) is 0.286. The Balaban J connectivity index is 1.22. The number of fused-ring (bicyclic) bond motifs is 2. The van der Waals surface area contributed by atoms with Crippen LogP contribution in [0.2, 0.25) is 0 Å². The van der Waals surface area contributed by atoms with Crippen LogP contribution in [-0.4, -0.2) is 26.7 Å². The number of nitrogens with zero attached hydrogens (tertiary/aromatic N) is 3. The number of carbonyl (C=O) groups is 2. The van der Waals surface area contributed by atoms with E-state index in [9.17, 15) is 9.59 Å². The Labute approximate surface area is 212 Å². The number of hydrogen-bond acceptors (Lipinski definition) is 5. The summed E-state index contributed by atoms with van der Waals surface area (Å²) in [6, 6.07) is 18.6. The molecule has 0 saturated heterocycles. The Morgan fingerprint density at radius 2 is 1.81 bits per heavy atom. The molecule has 0 radical (unpaired) electrons. The summed E-state index contributed by atoms with van der Waals surface area (Å²) in [6.45, 7) is 4.57. The summed E-state index contributed by atoms with van der Waals surface area (Å²) in [5, 5.41) is 13.4. The molecule has 3 heterocycles. The van der Waals surface area contributed by atoms with Gasteiger partial charge in [0.15, 0.2) is 12.0 Å². The molecule has 0 unspecified atom stereocenters. The molecule has 3 N–H and O–H groups in total. The molecule has 5 aromatic rings. The van der Waals surface area contributed by atoms with Crippen molar-refractivity contribution in [2.75, 3.05) is 10.6 Å². The van der Waals surface area contributed by atoms with Crippen molar-refractivity contribution in [2.24, 2.45) is 0 Å². The van der Waals surface area contributed by atoms with Crippen molar-refractivity contribution in [1.82, 2.24) is 20.1 Å². The molecule has 37 heavy (non-hydrogen) atoms. The third-order valence-electron chi connectivity index (χ3n) is 6.41. The molecule has 0 aliphatic carbocycles. The monoisotopic (exact) mass is 492 g/mol. The molecule has 0 atom stereocenters. The molecule has 1 aliphatic rings. The highest BCUT2D eigenvalue weighted by molar-refractivity contribution is 6.03. The number of urea groups is 1. The van der Waals surface area contributed by atoms with E-state index in [1.807, 2.05) is 85.4 Å². The van der Waals surface area contributed by atoms with E-state index in [4.69, 9.17) is 9.52 Å². The van der Waals surface area contributed by atoms with E-state index in [-0.39, 0.29) is 18.0 Å². The fraction of sp³-hybridized carbons (Fsp3) is 0.143. The first-order valence-electron chi connectivity index (χ1n) is 12.0. The van der Waals surface area contributed by atoms with Gasteiger partial charge in [-0.1, -0.05) is 24.3 Å². The fourth-order valence-corrected chi connectivity index (χ4v) is 4.51.